The van der Waals surface area contributed by atoms with Crippen LogP contribution >= 0.6 is 0 Å². The lowest BCUT2D eigenvalue weighted by atomic mass is 9.97. The molecule has 0 aliphatic carbocycles. The molecule has 3 aromatic carbocycles. The Bertz CT molecular complexity index is 1210. The molecule has 0 aromatic heterocycles. The van der Waals surface area contributed by atoms with E-state index in [-0.39, 0.29) is 24.3 Å². The number of anilines is 2. The van der Waals surface area contributed by atoms with Crippen molar-refractivity contribution in [2.45, 2.75) is 37.4 Å². The standard InChI is InChI=1S/C29H32N4O3/c30-26-13-8-21(29(35)32-27(14-15-34)19-4-2-1-3-5-19)16-25(26)28(31)20-6-9-22(10-7-20)33-23-11-12-24(33)18-36-17-23/h1-10,13,16,23-24,27,31,34H,11-12,14-15,17-18,30H2,(H,32,35). The fourth-order valence-electron chi connectivity index (χ4n) is 5.30. The van der Waals surface area contributed by atoms with Gasteiger partial charge in [0.05, 0.1) is 37.1 Å². The van der Waals surface area contributed by atoms with Crippen molar-refractivity contribution in [2.75, 3.05) is 30.5 Å². The number of carbonyl (C=O) groups is 1. The summed E-state index contributed by atoms with van der Waals surface area (Å²) in [7, 11) is 0. The molecule has 0 radical (unpaired) electrons. The molecular formula is C29H32N4O3. The largest absolute Gasteiger partial charge is 0.398 e. The molecule has 2 aliphatic rings. The van der Waals surface area contributed by atoms with E-state index >= 15 is 0 Å². The molecule has 3 unspecified atom stereocenters. The van der Waals surface area contributed by atoms with Crippen LogP contribution in [0.3, 0.4) is 0 Å². The van der Waals surface area contributed by atoms with Crippen molar-refractivity contribution in [3.63, 3.8) is 0 Å². The topological polar surface area (TPSA) is 112 Å². The lowest BCUT2D eigenvalue weighted by Crippen LogP contribution is -2.45. The Hall–Kier alpha value is -3.68. The van der Waals surface area contributed by atoms with Crippen molar-refractivity contribution in [1.29, 1.82) is 5.41 Å². The number of nitrogens with one attached hydrogen (secondary N) is 2. The zero-order valence-corrected chi connectivity index (χ0v) is 20.2. The molecule has 1 amide bonds. The first-order valence-corrected chi connectivity index (χ1v) is 12.5. The van der Waals surface area contributed by atoms with Crippen molar-refractivity contribution < 1.29 is 14.6 Å². The molecule has 7 heteroatoms. The number of nitrogens with zero attached hydrogens (tertiary/aromatic N) is 1. The second-order valence-corrected chi connectivity index (χ2v) is 9.50. The van der Waals surface area contributed by atoms with Gasteiger partial charge < -0.3 is 25.8 Å². The van der Waals surface area contributed by atoms with Gasteiger partial charge in [0.25, 0.3) is 5.91 Å². The number of aliphatic hydroxyl groups excluding tert-OH is 1. The fraction of sp³-hybridized carbons (Fsp3) is 0.310. The average Bonchev–Trinajstić information content (AvgIpc) is 3.16. The highest BCUT2D eigenvalue weighted by Gasteiger charge is 2.37. The number of nitrogens with two attached hydrogens (primary N) is 1. The summed E-state index contributed by atoms with van der Waals surface area (Å²) >= 11 is 0. The van der Waals surface area contributed by atoms with E-state index in [0.29, 0.717) is 35.3 Å². The van der Waals surface area contributed by atoms with E-state index in [1.165, 1.54) is 0 Å². The Morgan fingerprint density at radius 3 is 2.36 bits per heavy atom. The van der Waals surface area contributed by atoms with E-state index < -0.39 is 0 Å². The van der Waals surface area contributed by atoms with Crippen LogP contribution in [0.1, 0.15) is 52.4 Å². The van der Waals surface area contributed by atoms with E-state index in [1.54, 1.807) is 18.2 Å². The summed E-state index contributed by atoms with van der Waals surface area (Å²) < 4.78 is 5.70. The number of nitrogen functional groups attached to an aromatic ring is 1. The van der Waals surface area contributed by atoms with Gasteiger partial charge in [-0.25, -0.2) is 0 Å². The number of hydrogen-bond acceptors (Lipinski definition) is 6. The molecule has 186 valence electrons. The molecule has 5 N–H and O–H groups in total. The Kier molecular flexibility index (Phi) is 7.02. The van der Waals surface area contributed by atoms with Gasteiger partial charge in [-0.3, -0.25) is 10.2 Å². The predicted octanol–water partition coefficient (Wildman–Crippen LogP) is 3.91. The summed E-state index contributed by atoms with van der Waals surface area (Å²) in [5.41, 5.74) is 10.7. The number of fused-ring (bicyclic) bond motifs is 2. The molecule has 2 heterocycles. The van der Waals surface area contributed by atoms with Crippen LogP contribution in [0.15, 0.2) is 72.8 Å². The smallest absolute Gasteiger partial charge is 0.251 e. The maximum absolute atomic E-state index is 13.1. The first-order chi connectivity index (χ1) is 17.5. The lowest BCUT2D eigenvalue weighted by Gasteiger charge is -2.36. The molecule has 2 saturated heterocycles. The van der Waals surface area contributed by atoms with Crippen LogP contribution in [-0.4, -0.2) is 48.6 Å². The zero-order chi connectivity index (χ0) is 25.1. The number of rotatable bonds is 8. The minimum absolute atomic E-state index is 0.0422. The third-order valence-electron chi connectivity index (χ3n) is 7.20. The van der Waals surface area contributed by atoms with Crippen LogP contribution in [-0.2, 0) is 4.74 Å². The van der Waals surface area contributed by atoms with E-state index in [4.69, 9.17) is 15.9 Å². The van der Waals surface area contributed by atoms with Gasteiger partial charge in [0.15, 0.2) is 0 Å². The first kappa shape index (κ1) is 24.0. The summed E-state index contributed by atoms with van der Waals surface area (Å²) in [6.45, 7) is 1.49. The third kappa shape index (κ3) is 4.85. The molecule has 3 aromatic rings. The second kappa shape index (κ2) is 10.5. The maximum atomic E-state index is 13.1. The van der Waals surface area contributed by atoms with Crippen LogP contribution in [0.2, 0.25) is 0 Å². The minimum atomic E-state index is -0.313. The minimum Gasteiger partial charge on any atom is -0.398 e. The Morgan fingerprint density at radius 1 is 1.03 bits per heavy atom. The molecule has 2 fully saturated rings. The molecule has 2 bridgehead atoms. The molecule has 7 nitrogen and oxygen atoms in total. The number of carbonyl (C=O) groups excluding carboxylic acids is 1. The van der Waals surface area contributed by atoms with Crippen molar-refractivity contribution in [3.8, 4) is 0 Å². The number of ether oxygens (including phenoxy) is 1. The molecule has 5 rings (SSSR count). The van der Waals surface area contributed by atoms with Crippen LogP contribution in [0.25, 0.3) is 0 Å². The van der Waals surface area contributed by atoms with Crippen LogP contribution in [0.5, 0.6) is 0 Å². The van der Waals surface area contributed by atoms with E-state index in [0.717, 1.165) is 42.9 Å². The maximum Gasteiger partial charge on any atom is 0.251 e. The highest BCUT2D eigenvalue weighted by atomic mass is 16.5. The summed E-state index contributed by atoms with van der Waals surface area (Å²) in [5.74, 6) is -0.274. The highest BCUT2D eigenvalue weighted by molar-refractivity contribution is 6.15. The third-order valence-corrected chi connectivity index (χ3v) is 7.20. The van der Waals surface area contributed by atoms with Gasteiger partial charge in [-0.1, -0.05) is 42.5 Å². The predicted molar refractivity (Wildman–Crippen MR) is 142 cm³/mol. The zero-order valence-electron chi connectivity index (χ0n) is 20.2. The molecule has 0 spiro atoms. The molecule has 36 heavy (non-hydrogen) atoms. The highest BCUT2D eigenvalue weighted by Crippen LogP contribution is 2.34. The summed E-state index contributed by atoms with van der Waals surface area (Å²) in [4.78, 5) is 15.5. The SMILES string of the molecule is N=C(c1ccc(N2C3CCC2COC3)cc1)c1cc(C(=O)NC(CCO)c2ccccc2)ccc1N. The van der Waals surface area contributed by atoms with E-state index in [1.807, 2.05) is 42.5 Å². The first-order valence-electron chi connectivity index (χ1n) is 12.5. The van der Waals surface area contributed by atoms with Crippen molar-refractivity contribution in [2.24, 2.45) is 0 Å². The van der Waals surface area contributed by atoms with Gasteiger partial charge in [-0.15, -0.1) is 0 Å². The molecular weight excluding hydrogens is 452 g/mol. The van der Waals surface area contributed by atoms with Gasteiger partial charge in [0.1, 0.15) is 0 Å². The Labute approximate surface area is 211 Å². The Morgan fingerprint density at radius 2 is 1.69 bits per heavy atom. The van der Waals surface area contributed by atoms with E-state index in [9.17, 15) is 9.90 Å². The second-order valence-electron chi connectivity index (χ2n) is 9.50. The van der Waals surface area contributed by atoms with Crippen LogP contribution < -0.4 is 16.0 Å². The summed E-state index contributed by atoms with van der Waals surface area (Å²) in [6, 6.07) is 23.1. The van der Waals surface area contributed by atoms with Crippen molar-refractivity contribution >= 4 is 23.0 Å². The average molecular weight is 485 g/mol. The molecule has 0 saturated carbocycles. The number of amides is 1. The molecule has 2 aliphatic heterocycles. The Balaban J connectivity index is 1.33. The van der Waals surface area contributed by atoms with Crippen LogP contribution in [0, 0.1) is 5.41 Å². The van der Waals surface area contributed by atoms with Crippen molar-refractivity contribution in [1.82, 2.24) is 5.32 Å². The lowest BCUT2D eigenvalue weighted by molar-refractivity contribution is 0.0906. The van der Waals surface area contributed by atoms with Gasteiger partial charge in [-0.05, 0) is 55.2 Å². The van der Waals surface area contributed by atoms with Crippen molar-refractivity contribution in [3.05, 3.63) is 95.1 Å². The monoisotopic (exact) mass is 484 g/mol. The van der Waals surface area contributed by atoms with Gasteiger partial charge in [-0.2, -0.15) is 0 Å². The fourth-order valence-corrected chi connectivity index (χ4v) is 5.30. The number of morpholine rings is 1. The van der Waals surface area contributed by atoms with Crippen LogP contribution in [0.4, 0.5) is 11.4 Å². The summed E-state index contributed by atoms with van der Waals surface area (Å²) in [6.07, 6.45) is 2.71. The summed E-state index contributed by atoms with van der Waals surface area (Å²) in [5, 5.41) is 21.3. The number of aliphatic hydroxyl groups is 1. The number of benzene rings is 3. The molecule has 3 atom stereocenters. The normalized spacial score (nSPS) is 19.6. The number of hydrogen-bond donors (Lipinski definition) is 4. The van der Waals surface area contributed by atoms with Gasteiger partial charge in [0.2, 0.25) is 0 Å². The van der Waals surface area contributed by atoms with Gasteiger partial charge >= 0.3 is 0 Å². The van der Waals surface area contributed by atoms with Gasteiger partial charge in [0, 0.05) is 34.7 Å². The quantitative estimate of drug-likeness (QED) is 0.286. The van der Waals surface area contributed by atoms with E-state index in [2.05, 4.69) is 22.3 Å².